The first kappa shape index (κ1) is 9.72. The zero-order valence-corrected chi connectivity index (χ0v) is 8.87. The van der Waals surface area contributed by atoms with Crippen LogP contribution in [0.25, 0.3) is 0 Å². The van der Waals surface area contributed by atoms with Crippen LogP contribution in [0.5, 0.6) is 0 Å². The predicted octanol–water partition coefficient (Wildman–Crippen LogP) is 2.47. The summed E-state index contributed by atoms with van der Waals surface area (Å²) >= 11 is 0. The van der Waals surface area contributed by atoms with Crippen molar-refractivity contribution in [3.05, 3.63) is 35.9 Å². The number of rotatable bonds is 2. The molecule has 0 aliphatic carbocycles. The Labute approximate surface area is 86.5 Å². The molecule has 1 aromatic carbocycles. The van der Waals surface area contributed by atoms with Gasteiger partial charge < -0.3 is 5.32 Å². The van der Waals surface area contributed by atoms with E-state index in [1.165, 1.54) is 31.5 Å². The number of hydrogen-bond donors (Lipinski definition) is 1. The molecule has 0 bridgehead atoms. The lowest BCUT2D eigenvalue weighted by Crippen LogP contribution is -2.36. The van der Waals surface area contributed by atoms with Gasteiger partial charge in [-0.25, -0.2) is 0 Å². The van der Waals surface area contributed by atoms with Gasteiger partial charge in [0.25, 0.3) is 0 Å². The topological polar surface area (TPSA) is 12.0 Å². The zero-order valence-electron chi connectivity index (χ0n) is 8.87. The lowest BCUT2D eigenvalue weighted by molar-refractivity contribution is 0.273. The van der Waals surface area contributed by atoms with E-state index in [1.54, 1.807) is 0 Å². The first-order chi connectivity index (χ1) is 6.86. The molecule has 1 aliphatic rings. The van der Waals surface area contributed by atoms with Crippen molar-refractivity contribution in [2.45, 2.75) is 19.8 Å². The minimum Gasteiger partial charge on any atom is -0.316 e. The Hall–Kier alpha value is -0.820. The van der Waals surface area contributed by atoms with E-state index < -0.39 is 0 Å². The second-order valence-electron chi connectivity index (χ2n) is 4.42. The van der Waals surface area contributed by atoms with Crippen LogP contribution in [0.1, 0.15) is 18.9 Å². The fourth-order valence-corrected chi connectivity index (χ4v) is 2.24. The van der Waals surface area contributed by atoms with Gasteiger partial charge in [0.1, 0.15) is 0 Å². The zero-order chi connectivity index (χ0) is 9.80. The third-order valence-corrected chi connectivity index (χ3v) is 3.33. The van der Waals surface area contributed by atoms with E-state index in [1.807, 2.05) is 0 Å². The van der Waals surface area contributed by atoms with E-state index in [9.17, 15) is 0 Å². The van der Waals surface area contributed by atoms with E-state index >= 15 is 0 Å². The third kappa shape index (κ3) is 2.36. The SMILES string of the molecule is CC1CCNC[C@@H]1Cc1ccccc1. The Balaban J connectivity index is 1.96. The van der Waals surface area contributed by atoms with Crippen LogP contribution in [0.15, 0.2) is 30.3 Å². The first-order valence-electron chi connectivity index (χ1n) is 5.61. The van der Waals surface area contributed by atoms with Gasteiger partial charge in [-0.05, 0) is 43.3 Å². The molecule has 14 heavy (non-hydrogen) atoms. The number of hydrogen-bond acceptors (Lipinski definition) is 1. The number of piperidine rings is 1. The van der Waals surface area contributed by atoms with Gasteiger partial charge in [-0.1, -0.05) is 37.3 Å². The highest BCUT2D eigenvalue weighted by molar-refractivity contribution is 5.15. The lowest BCUT2D eigenvalue weighted by atomic mass is 9.84. The molecule has 0 amide bonds. The van der Waals surface area contributed by atoms with Crippen molar-refractivity contribution in [3.8, 4) is 0 Å². The Morgan fingerprint density at radius 1 is 1.29 bits per heavy atom. The average Bonchev–Trinajstić information content (AvgIpc) is 2.23. The summed E-state index contributed by atoms with van der Waals surface area (Å²) in [4.78, 5) is 0. The predicted molar refractivity (Wildman–Crippen MR) is 60.3 cm³/mol. The van der Waals surface area contributed by atoms with Gasteiger partial charge in [0.05, 0.1) is 0 Å². The smallest absolute Gasteiger partial charge is 0.00148 e. The second-order valence-corrected chi connectivity index (χ2v) is 4.42. The normalized spacial score (nSPS) is 27.5. The molecule has 76 valence electrons. The van der Waals surface area contributed by atoms with Crippen molar-refractivity contribution in [1.82, 2.24) is 5.32 Å². The van der Waals surface area contributed by atoms with Crippen molar-refractivity contribution in [2.75, 3.05) is 13.1 Å². The van der Waals surface area contributed by atoms with Crippen LogP contribution < -0.4 is 5.32 Å². The van der Waals surface area contributed by atoms with Gasteiger partial charge in [-0.3, -0.25) is 0 Å². The molecule has 1 saturated heterocycles. The number of nitrogens with one attached hydrogen (secondary N) is 1. The molecule has 1 heterocycles. The maximum atomic E-state index is 3.49. The van der Waals surface area contributed by atoms with Crippen molar-refractivity contribution in [2.24, 2.45) is 11.8 Å². The Kier molecular flexibility index (Phi) is 3.20. The van der Waals surface area contributed by atoms with Crippen LogP contribution in [0, 0.1) is 11.8 Å². The standard InChI is InChI=1S/C13H19N/c1-11-7-8-14-10-13(11)9-12-5-3-2-4-6-12/h2-6,11,13-14H,7-10H2,1H3/t11?,13-/m0/s1. The molecule has 1 aromatic rings. The average molecular weight is 189 g/mol. The monoisotopic (exact) mass is 189 g/mol. The van der Waals surface area contributed by atoms with E-state index in [0.29, 0.717) is 0 Å². The molecule has 1 fully saturated rings. The van der Waals surface area contributed by atoms with Crippen molar-refractivity contribution in [1.29, 1.82) is 0 Å². The first-order valence-corrected chi connectivity index (χ1v) is 5.61. The minimum absolute atomic E-state index is 0.825. The van der Waals surface area contributed by atoms with Crippen LogP contribution in [0.3, 0.4) is 0 Å². The molecule has 2 atom stereocenters. The van der Waals surface area contributed by atoms with Gasteiger partial charge in [-0.15, -0.1) is 0 Å². The summed E-state index contributed by atoms with van der Waals surface area (Å²) < 4.78 is 0. The van der Waals surface area contributed by atoms with E-state index in [-0.39, 0.29) is 0 Å². The van der Waals surface area contributed by atoms with Gasteiger partial charge in [0.2, 0.25) is 0 Å². The maximum Gasteiger partial charge on any atom is -0.00148 e. The second kappa shape index (κ2) is 4.61. The highest BCUT2D eigenvalue weighted by Crippen LogP contribution is 2.22. The van der Waals surface area contributed by atoms with Gasteiger partial charge in [0, 0.05) is 0 Å². The van der Waals surface area contributed by atoms with Crippen LogP contribution in [-0.2, 0) is 6.42 Å². The fourth-order valence-electron chi connectivity index (χ4n) is 2.24. The van der Waals surface area contributed by atoms with E-state index in [4.69, 9.17) is 0 Å². The largest absolute Gasteiger partial charge is 0.316 e. The van der Waals surface area contributed by atoms with Crippen LogP contribution >= 0.6 is 0 Å². The Morgan fingerprint density at radius 3 is 2.79 bits per heavy atom. The molecular formula is C13H19N. The van der Waals surface area contributed by atoms with E-state index in [2.05, 4.69) is 42.6 Å². The van der Waals surface area contributed by atoms with Crippen LogP contribution in [0.2, 0.25) is 0 Å². The minimum atomic E-state index is 0.825. The molecule has 0 aromatic heterocycles. The fraction of sp³-hybridized carbons (Fsp3) is 0.538. The summed E-state index contributed by atoms with van der Waals surface area (Å²) in [5, 5.41) is 3.49. The van der Waals surface area contributed by atoms with Crippen LogP contribution in [0.4, 0.5) is 0 Å². The Morgan fingerprint density at radius 2 is 2.07 bits per heavy atom. The summed E-state index contributed by atoms with van der Waals surface area (Å²) in [6.07, 6.45) is 2.56. The van der Waals surface area contributed by atoms with Crippen molar-refractivity contribution >= 4 is 0 Å². The molecular weight excluding hydrogens is 170 g/mol. The summed E-state index contributed by atoms with van der Waals surface area (Å²) in [5.41, 5.74) is 1.48. The number of benzene rings is 1. The summed E-state index contributed by atoms with van der Waals surface area (Å²) in [7, 11) is 0. The molecule has 0 radical (unpaired) electrons. The molecule has 1 heteroatoms. The van der Waals surface area contributed by atoms with Gasteiger partial charge in [0.15, 0.2) is 0 Å². The summed E-state index contributed by atoms with van der Waals surface area (Å²) in [5.74, 6) is 1.70. The molecule has 1 N–H and O–H groups in total. The van der Waals surface area contributed by atoms with Gasteiger partial charge >= 0.3 is 0 Å². The summed E-state index contributed by atoms with van der Waals surface area (Å²) in [6, 6.07) is 10.8. The van der Waals surface area contributed by atoms with Crippen molar-refractivity contribution in [3.63, 3.8) is 0 Å². The maximum absolute atomic E-state index is 3.49. The molecule has 0 spiro atoms. The van der Waals surface area contributed by atoms with Gasteiger partial charge in [-0.2, -0.15) is 0 Å². The molecule has 1 unspecified atom stereocenters. The lowest BCUT2D eigenvalue weighted by Gasteiger charge is -2.29. The Bertz CT molecular complexity index is 268. The highest BCUT2D eigenvalue weighted by atomic mass is 14.9. The summed E-state index contributed by atoms with van der Waals surface area (Å²) in [6.45, 7) is 4.77. The third-order valence-electron chi connectivity index (χ3n) is 3.33. The molecule has 2 rings (SSSR count). The molecule has 1 aliphatic heterocycles. The van der Waals surface area contributed by atoms with Crippen LogP contribution in [-0.4, -0.2) is 13.1 Å². The highest BCUT2D eigenvalue weighted by Gasteiger charge is 2.20. The molecule has 1 nitrogen and oxygen atoms in total. The van der Waals surface area contributed by atoms with E-state index in [0.717, 1.165) is 11.8 Å². The quantitative estimate of drug-likeness (QED) is 0.753. The molecule has 0 saturated carbocycles. The van der Waals surface area contributed by atoms with Crippen molar-refractivity contribution < 1.29 is 0 Å².